The first-order valence-corrected chi connectivity index (χ1v) is 9.89. The Hall–Kier alpha value is -2.85. The number of aliphatic imine (C=N–C) groups is 1. The Labute approximate surface area is 163 Å². The van der Waals surface area contributed by atoms with Crippen LogP contribution in [-0.2, 0) is 16.6 Å². The molecule has 8 nitrogen and oxygen atoms in total. The molecule has 2 aromatic carbocycles. The molecule has 2 aromatic rings. The second kappa shape index (κ2) is 8.44. The van der Waals surface area contributed by atoms with E-state index in [1.165, 1.54) is 12.1 Å². The fraction of sp³-hybridized carbons (Fsp3) is 0.278. The zero-order chi connectivity index (χ0) is 20.1. The maximum atomic E-state index is 13.0. The molecule has 1 heterocycles. The van der Waals surface area contributed by atoms with Crippen LogP contribution in [0.15, 0.2) is 52.4 Å². The third-order valence-electron chi connectivity index (χ3n) is 4.11. The van der Waals surface area contributed by atoms with Crippen LogP contribution >= 0.6 is 0 Å². The number of nitrogens with zero attached hydrogens (tertiary/aromatic N) is 2. The Kier molecular flexibility index (Phi) is 6.00. The van der Waals surface area contributed by atoms with Gasteiger partial charge in [0.25, 0.3) is 10.0 Å². The number of hydrogen-bond acceptors (Lipinski definition) is 7. The second-order valence-electron chi connectivity index (χ2n) is 6.06. The molecule has 0 saturated carbocycles. The Bertz CT molecular complexity index is 964. The molecule has 0 bridgehead atoms. The van der Waals surface area contributed by atoms with Crippen molar-refractivity contribution in [1.82, 2.24) is 14.9 Å². The lowest BCUT2D eigenvalue weighted by atomic mass is 10.2. The number of rotatable bonds is 6. The minimum atomic E-state index is -3.83. The molecule has 28 heavy (non-hydrogen) atoms. The minimum absolute atomic E-state index is 0.0360. The molecule has 0 aromatic heterocycles. The van der Waals surface area contributed by atoms with Gasteiger partial charge in [-0.2, -0.15) is 0 Å². The van der Waals surface area contributed by atoms with Crippen molar-refractivity contribution >= 4 is 16.0 Å². The first kappa shape index (κ1) is 19.9. The van der Waals surface area contributed by atoms with Gasteiger partial charge in [-0.15, -0.1) is 0 Å². The number of ether oxygens (including phenoxy) is 2. The van der Waals surface area contributed by atoms with Crippen LogP contribution in [0, 0.1) is 5.82 Å². The first-order chi connectivity index (χ1) is 13.4. The highest BCUT2D eigenvalue weighted by Crippen LogP contribution is 2.28. The predicted molar refractivity (Wildman–Crippen MR) is 102 cm³/mol. The van der Waals surface area contributed by atoms with E-state index in [4.69, 9.17) is 9.47 Å². The summed E-state index contributed by atoms with van der Waals surface area (Å²) in [6.07, 6.45) is 0. The third kappa shape index (κ3) is 4.70. The molecule has 0 amide bonds. The second-order valence-corrected chi connectivity index (χ2v) is 7.74. The highest BCUT2D eigenvalue weighted by molar-refractivity contribution is 7.90. The summed E-state index contributed by atoms with van der Waals surface area (Å²) < 4.78 is 50.5. The first-order valence-electron chi connectivity index (χ1n) is 8.41. The average Bonchev–Trinajstić information content (AvgIpc) is 2.69. The van der Waals surface area contributed by atoms with Crippen LogP contribution in [0.5, 0.6) is 11.5 Å². The number of methoxy groups -OCH3 is 2. The summed E-state index contributed by atoms with van der Waals surface area (Å²) in [7, 11) is -0.673. The van der Waals surface area contributed by atoms with Gasteiger partial charge < -0.3 is 14.8 Å². The van der Waals surface area contributed by atoms with E-state index in [-0.39, 0.29) is 10.9 Å². The largest absolute Gasteiger partial charge is 0.493 e. The molecule has 3 rings (SSSR count). The molecule has 2 N–H and O–H groups in total. The Morgan fingerprint density at radius 2 is 1.86 bits per heavy atom. The van der Waals surface area contributed by atoms with Crippen molar-refractivity contribution in [1.29, 1.82) is 0 Å². The highest BCUT2D eigenvalue weighted by atomic mass is 32.2. The molecule has 1 aliphatic rings. The zero-order valence-corrected chi connectivity index (χ0v) is 16.3. The quantitative estimate of drug-likeness (QED) is 0.753. The number of hydrogen-bond donors (Lipinski definition) is 2. The molecule has 0 saturated heterocycles. The lowest BCUT2D eigenvalue weighted by molar-refractivity contribution is 0.254. The fourth-order valence-electron chi connectivity index (χ4n) is 2.67. The number of nitrogens with one attached hydrogen (secondary N) is 2. The Morgan fingerprint density at radius 3 is 2.46 bits per heavy atom. The molecular weight excluding hydrogens is 387 g/mol. The van der Waals surface area contributed by atoms with Crippen molar-refractivity contribution < 1.29 is 22.3 Å². The maximum Gasteiger partial charge on any atom is 0.264 e. The fourth-order valence-corrected chi connectivity index (χ4v) is 3.68. The normalized spacial score (nSPS) is 14.8. The van der Waals surface area contributed by atoms with Gasteiger partial charge in [0, 0.05) is 6.54 Å². The van der Waals surface area contributed by atoms with Gasteiger partial charge in [0.15, 0.2) is 11.5 Å². The lowest BCUT2D eigenvalue weighted by Crippen LogP contribution is -2.49. The summed E-state index contributed by atoms with van der Waals surface area (Å²) in [5.74, 6) is 0.936. The third-order valence-corrected chi connectivity index (χ3v) is 5.46. The summed E-state index contributed by atoms with van der Waals surface area (Å²) >= 11 is 0. The molecule has 0 aliphatic carbocycles. The van der Waals surface area contributed by atoms with Crippen molar-refractivity contribution in [3.05, 3.63) is 53.8 Å². The van der Waals surface area contributed by atoms with E-state index in [1.807, 2.05) is 23.1 Å². The average molecular weight is 408 g/mol. The minimum Gasteiger partial charge on any atom is -0.493 e. The van der Waals surface area contributed by atoms with Crippen molar-refractivity contribution in [2.75, 3.05) is 27.6 Å². The molecule has 0 atom stereocenters. The molecule has 10 heteroatoms. The molecule has 0 spiro atoms. The molecular formula is C18H21FN4O4S. The van der Waals surface area contributed by atoms with Gasteiger partial charge in [-0.1, -0.05) is 6.07 Å². The molecule has 1 aliphatic heterocycles. The van der Waals surface area contributed by atoms with Crippen molar-refractivity contribution in [3.8, 4) is 11.5 Å². The number of guanidine groups is 1. The van der Waals surface area contributed by atoms with Crippen LogP contribution in [0.3, 0.4) is 0 Å². The number of halogens is 1. The summed E-state index contributed by atoms with van der Waals surface area (Å²) in [5.41, 5.74) is 1.00. The predicted octanol–water partition coefficient (Wildman–Crippen LogP) is 1.50. The van der Waals surface area contributed by atoms with Crippen LogP contribution in [0.4, 0.5) is 4.39 Å². The van der Waals surface area contributed by atoms with Crippen molar-refractivity contribution in [2.45, 2.75) is 11.4 Å². The van der Waals surface area contributed by atoms with E-state index in [0.717, 1.165) is 17.7 Å². The summed E-state index contributed by atoms with van der Waals surface area (Å²) in [6.45, 7) is 1.30. The maximum absolute atomic E-state index is 13.0. The molecule has 0 radical (unpaired) electrons. The lowest BCUT2D eigenvalue weighted by Gasteiger charge is -2.27. The molecule has 0 unspecified atom stereocenters. The van der Waals surface area contributed by atoms with E-state index >= 15 is 0 Å². The van der Waals surface area contributed by atoms with E-state index < -0.39 is 15.8 Å². The SMILES string of the molecule is COc1ccc(CN2CN=C(NS(=O)(=O)c3ccc(F)cc3)NC2)cc1OC. The number of benzene rings is 2. The van der Waals surface area contributed by atoms with Crippen LogP contribution in [0.1, 0.15) is 5.56 Å². The van der Waals surface area contributed by atoms with Crippen molar-refractivity contribution in [3.63, 3.8) is 0 Å². The monoisotopic (exact) mass is 408 g/mol. The van der Waals surface area contributed by atoms with Gasteiger partial charge in [-0.3, -0.25) is 4.90 Å². The van der Waals surface area contributed by atoms with Gasteiger partial charge in [-0.05, 0) is 42.0 Å². The molecule has 0 fully saturated rings. The summed E-state index contributed by atoms with van der Waals surface area (Å²) in [6, 6.07) is 10.2. The van der Waals surface area contributed by atoms with Gasteiger partial charge >= 0.3 is 0 Å². The van der Waals surface area contributed by atoms with Crippen LogP contribution in [0.25, 0.3) is 0 Å². The van der Waals surface area contributed by atoms with Crippen LogP contribution in [0.2, 0.25) is 0 Å². The van der Waals surface area contributed by atoms with Gasteiger partial charge in [0.05, 0.1) is 32.5 Å². The van der Waals surface area contributed by atoms with Crippen molar-refractivity contribution in [2.24, 2.45) is 4.99 Å². The molecule has 150 valence electrons. The van der Waals surface area contributed by atoms with E-state index in [0.29, 0.717) is 31.4 Å². The van der Waals surface area contributed by atoms with E-state index in [1.54, 1.807) is 14.2 Å². The Balaban J connectivity index is 1.62. The van der Waals surface area contributed by atoms with Gasteiger partial charge in [-0.25, -0.2) is 22.5 Å². The highest BCUT2D eigenvalue weighted by Gasteiger charge is 2.20. The van der Waals surface area contributed by atoms with Gasteiger partial charge in [0.1, 0.15) is 5.82 Å². The Morgan fingerprint density at radius 1 is 1.14 bits per heavy atom. The van der Waals surface area contributed by atoms with E-state index in [2.05, 4.69) is 15.0 Å². The van der Waals surface area contributed by atoms with Crippen LogP contribution in [-0.4, -0.2) is 46.8 Å². The summed E-state index contributed by atoms with van der Waals surface area (Å²) in [4.78, 5) is 6.17. The van der Waals surface area contributed by atoms with E-state index in [9.17, 15) is 12.8 Å². The van der Waals surface area contributed by atoms with Crippen LogP contribution < -0.4 is 19.5 Å². The number of sulfonamides is 1. The topological polar surface area (TPSA) is 92.3 Å². The summed E-state index contributed by atoms with van der Waals surface area (Å²) in [5, 5.41) is 2.93. The smallest absolute Gasteiger partial charge is 0.264 e. The zero-order valence-electron chi connectivity index (χ0n) is 15.5. The van der Waals surface area contributed by atoms with Gasteiger partial charge in [0.2, 0.25) is 5.96 Å². The standard InChI is InChI=1S/C18H21FN4O4S/c1-26-16-8-3-13(9-17(16)27-2)10-23-11-20-18(21-12-23)22-28(24,25)15-6-4-14(19)5-7-15/h3-9H,10-12H2,1-2H3,(H2,20,21,22).